The zero-order valence-electron chi connectivity index (χ0n) is 14.6. The Morgan fingerprint density at radius 2 is 2.04 bits per heavy atom. The van der Waals surface area contributed by atoms with Crippen LogP contribution in [0.3, 0.4) is 0 Å². The van der Waals surface area contributed by atoms with Gasteiger partial charge in [-0.25, -0.2) is 4.68 Å². The van der Waals surface area contributed by atoms with Crippen molar-refractivity contribution in [1.82, 2.24) is 15.0 Å². The third-order valence-electron chi connectivity index (χ3n) is 4.71. The molecule has 0 radical (unpaired) electrons. The molecular weight excluding hydrogens is 330 g/mol. The lowest BCUT2D eigenvalue weighted by molar-refractivity contribution is -0.116. The van der Waals surface area contributed by atoms with Crippen molar-refractivity contribution in [2.24, 2.45) is 0 Å². The highest BCUT2D eigenvalue weighted by Crippen LogP contribution is 2.23. The first-order valence-electron chi connectivity index (χ1n) is 8.69. The van der Waals surface area contributed by atoms with Crippen molar-refractivity contribution < 1.29 is 9.53 Å². The number of nitrogens with zero attached hydrogens (tertiary/aromatic N) is 4. The van der Waals surface area contributed by atoms with E-state index in [1.54, 1.807) is 11.8 Å². The van der Waals surface area contributed by atoms with Crippen molar-refractivity contribution in [3.8, 4) is 0 Å². The van der Waals surface area contributed by atoms with Crippen LogP contribution in [-0.2, 0) is 16.1 Å². The van der Waals surface area contributed by atoms with Crippen LogP contribution in [-0.4, -0.2) is 47.2 Å². The van der Waals surface area contributed by atoms with E-state index >= 15 is 0 Å². The van der Waals surface area contributed by atoms with Gasteiger partial charge in [0.2, 0.25) is 5.91 Å². The van der Waals surface area contributed by atoms with Gasteiger partial charge in [-0.15, -0.1) is 5.10 Å². The predicted octanol–water partition coefficient (Wildman–Crippen LogP) is 2.30. The first-order valence-corrected chi connectivity index (χ1v) is 8.69. The standard InChI is InChI=1S/C19H21N5O2/c1-26-16-10-11-23(12-16)15-8-6-14(7-9-15)20-19(25)13-24-18-5-3-2-4-17(18)21-22-24/h2-9,16H,10-13H2,1H3,(H,20,25). The van der Waals surface area contributed by atoms with Crippen LogP contribution < -0.4 is 10.2 Å². The van der Waals surface area contributed by atoms with Gasteiger partial charge in [-0.3, -0.25) is 4.79 Å². The van der Waals surface area contributed by atoms with Crippen LogP contribution in [0, 0.1) is 0 Å². The quantitative estimate of drug-likeness (QED) is 0.764. The molecule has 134 valence electrons. The lowest BCUT2D eigenvalue weighted by Crippen LogP contribution is -2.22. The minimum absolute atomic E-state index is 0.129. The summed E-state index contributed by atoms with van der Waals surface area (Å²) in [5.74, 6) is -0.131. The molecule has 4 rings (SSSR count). The van der Waals surface area contributed by atoms with E-state index in [0.717, 1.165) is 41.9 Å². The summed E-state index contributed by atoms with van der Waals surface area (Å²) in [6.07, 6.45) is 1.34. The zero-order valence-corrected chi connectivity index (χ0v) is 14.6. The van der Waals surface area contributed by atoms with Gasteiger partial charge in [0.15, 0.2) is 0 Å². The second-order valence-electron chi connectivity index (χ2n) is 6.42. The van der Waals surface area contributed by atoms with Crippen molar-refractivity contribution in [3.05, 3.63) is 48.5 Å². The van der Waals surface area contributed by atoms with Crippen LogP contribution in [0.2, 0.25) is 0 Å². The molecule has 1 unspecified atom stereocenters. The summed E-state index contributed by atoms with van der Waals surface area (Å²) in [7, 11) is 1.76. The monoisotopic (exact) mass is 351 g/mol. The molecule has 2 heterocycles. The van der Waals surface area contributed by atoms with Gasteiger partial charge in [0, 0.05) is 31.6 Å². The molecule has 1 aliphatic heterocycles. The molecule has 0 spiro atoms. The average Bonchev–Trinajstić information content (AvgIpc) is 3.30. The molecular formula is C19H21N5O2. The fourth-order valence-corrected chi connectivity index (χ4v) is 3.28. The molecule has 0 bridgehead atoms. The van der Waals surface area contributed by atoms with E-state index in [1.807, 2.05) is 48.5 Å². The number of hydrogen-bond acceptors (Lipinski definition) is 5. The van der Waals surface area contributed by atoms with Crippen molar-refractivity contribution in [3.63, 3.8) is 0 Å². The number of ether oxygens (including phenoxy) is 1. The highest BCUT2D eigenvalue weighted by Gasteiger charge is 2.22. The third kappa shape index (κ3) is 3.39. The molecule has 1 amide bonds. The molecule has 7 heteroatoms. The topological polar surface area (TPSA) is 72.3 Å². The largest absolute Gasteiger partial charge is 0.380 e. The Labute approximate surface area is 151 Å². The first-order chi connectivity index (χ1) is 12.7. The molecule has 7 nitrogen and oxygen atoms in total. The lowest BCUT2D eigenvalue weighted by atomic mass is 10.2. The highest BCUT2D eigenvalue weighted by molar-refractivity contribution is 5.91. The minimum atomic E-state index is -0.131. The number of hydrogen-bond donors (Lipinski definition) is 1. The van der Waals surface area contributed by atoms with Crippen LogP contribution in [0.1, 0.15) is 6.42 Å². The molecule has 1 N–H and O–H groups in total. The number of anilines is 2. The van der Waals surface area contributed by atoms with Gasteiger partial charge < -0.3 is 15.0 Å². The van der Waals surface area contributed by atoms with Crippen LogP contribution in [0.4, 0.5) is 11.4 Å². The number of nitrogens with one attached hydrogen (secondary N) is 1. The predicted molar refractivity (Wildman–Crippen MR) is 100 cm³/mol. The molecule has 3 aromatic rings. The molecule has 2 aromatic carbocycles. The van der Waals surface area contributed by atoms with E-state index in [0.29, 0.717) is 6.10 Å². The van der Waals surface area contributed by atoms with Crippen LogP contribution in [0.15, 0.2) is 48.5 Å². The smallest absolute Gasteiger partial charge is 0.246 e. The molecule has 1 fully saturated rings. The van der Waals surface area contributed by atoms with E-state index < -0.39 is 0 Å². The van der Waals surface area contributed by atoms with E-state index in [-0.39, 0.29) is 12.5 Å². The molecule has 1 aromatic heterocycles. The second-order valence-corrected chi connectivity index (χ2v) is 6.42. The third-order valence-corrected chi connectivity index (χ3v) is 4.71. The number of aromatic nitrogens is 3. The second kappa shape index (κ2) is 7.13. The number of amides is 1. The van der Waals surface area contributed by atoms with Crippen molar-refractivity contribution in [2.45, 2.75) is 19.1 Å². The van der Waals surface area contributed by atoms with Crippen LogP contribution in [0.25, 0.3) is 11.0 Å². The number of carbonyl (C=O) groups excluding carboxylic acids is 1. The van der Waals surface area contributed by atoms with Crippen LogP contribution >= 0.6 is 0 Å². The van der Waals surface area contributed by atoms with Crippen molar-refractivity contribution in [2.75, 3.05) is 30.4 Å². The number of para-hydroxylation sites is 1. The maximum atomic E-state index is 12.3. The molecule has 1 aliphatic rings. The van der Waals surface area contributed by atoms with E-state index in [2.05, 4.69) is 20.5 Å². The van der Waals surface area contributed by atoms with Gasteiger partial charge in [-0.2, -0.15) is 0 Å². The van der Waals surface area contributed by atoms with Gasteiger partial charge in [0.25, 0.3) is 0 Å². The Balaban J connectivity index is 1.39. The maximum absolute atomic E-state index is 12.3. The molecule has 1 atom stereocenters. The average molecular weight is 351 g/mol. The molecule has 0 aliphatic carbocycles. The summed E-state index contributed by atoms with van der Waals surface area (Å²) in [4.78, 5) is 14.6. The normalized spacial score (nSPS) is 17.0. The number of fused-ring (bicyclic) bond motifs is 1. The SMILES string of the molecule is COC1CCN(c2ccc(NC(=O)Cn3nnc4ccccc43)cc2)C1. The van der Waals surface area contributed by atoms with E-state index in [1.165, 1.54) is 0 Å². The van der Waals surface area contributed by atoms with Gasteiger partial charge >= 0.3 is 0 Å². The van der Waals surface area contributed by atoms with Crippen molar-refractivity contribution in [1.29, 1.82) is 0 Å². The first kappa shape index (κ1) is 16.5. The Kier molecular flexibility index (Phi) is 4.53. The van der Waals surface area contributed by atoms with Gasteiger partial charge in [0.1, 0.15) is 12.1 Å². The van der Waals surface area contributed by atoms with Crippen LogP contribution in [0.5, 0.6) is 0 Å². The maximum Gasteiger partial charge on any atom is 0.246 e. The Hall–Kier alpha value is -2.93. The Morgan fingerprint density at radius 3 is 2.81 bits per heavy atom. The molecule has 1 saturated heterocycles. The molecule has 26 heavy (non-hydrogen) atoms. The van der Waals surface area contributed by atoms with Gasteiger partial charge in [-0.1, -0.05) is 17.3 Å². The van der Waals surface area contributed by atoms with Gasteiger partial charge in [-0.05, 0) is 42.8 Å². The summed E-state index contributed by atoms with van der Waals surface area (Å²) < 4.78 is 7.01. The number of rotatable bonds is 5. The Morgan fingerprint density at radius 1 is 1.23 bits per heavy atom. The number of carbonyl (C=O) groups is 1. The summed E-state index contributed by atoms with van der Waals surface area (Å²) in [5, 5.41) is 11.0. The fraction of sp³-hybridized carbons (Fsp3) is 0.316. The number of methoxy groups -OCH3 is 1. The minimum Gasteiger partial charge on any atom is -0.380 e. The van der Waals surface area contributed by atoms with E-state index in [4.69, 9.17) is 4.74 Å². The molecule has 0 saturated carbocycles. The summed E-state index contributed by atoms with van der Waals surface area (Å²) in [6.45, 7) is 2.02. The number of benzene rings is 2. The summed E-state index contributed by atoms with van der Waals surface area (Å²) in [6, 6.07) is 15.5. The highest BCUT2D eigenvalue weighted by atomic mass is 16.5. The van der Waals surface area contributed by atoms with E-state index in [9.17, 15) is 4.79 Å². The Bertz CT molecular complexity index is 906. The summed E-state index contributed by atoms with van der Waals surface area (Å²) in [5.41, 5.74) is 3.54. The zero-order chi connectivity index (χ0) is 17.9. The van der Waals surface area contributed by atoms with Gasteiger partial charge in [0.05, 0.1) is 11.6 Å². The fourth-order valence-electron chi connectivity index (χ4n) is 3.28. The summed E-state index contributed by atoms with van der Waals surface area (Å²) >= 11 is 0. The van der Waals surface area contributed by atoms with Crippen molar-refractivity contribution >= 4 is 28.3 Å². The lowest BCUT2D eigenvalue weighted by Gasteiger charge is -2.18.